The van der Waals surface area contributed by atoms with Gasteiger partial charge in [0, 0.05) is 0 Å². The lowest BCUT2D eigenvalue weighted by atomic mass is 9.91. The standard InChI is InChI=1S/C49H30N4/c1-50-38-23-18-33(19-24-38)32-14-16-34(17-15-32)41-27-28-42(45-12-5-4-11-44(41)45)37-22-29-48-49(31-37)52-53(51-48)39-25-20-35(21-26-39)47-30-36-8-2-3-9-40(36)43-10-6-7-13-46(43)47/h2-31H. The lowest BCUT2D eigenvalue weighted by molar-refractivity contribution is 0.766. The Balaban J connectivity index is 0.968. The van der Waals surface area contributed by atoms with Crippen LogP contribution in [0.1, 0.15) is 0 Å². The van der Waals surface area contributed by atoms with E-state index in [0.717, 1.165) is 50.1 Å². The molecule has 10 aromatic rings. The van der Waals surface area contributed by atoms with E-state index >= 15 is 0 Å². The minimum atomic E-state index is 0.651. The van der Waals surface area contributed by atoms with E-state index in [1.807, 2.05) is 24.3 Å². The van der Waals surface area contributed by atoms with Crippen LogP contribution in [0, 0.1) is 6.57 Å². The van der Waals surface area contributed by atoms with Gasteiger partial charge in [0.15, 0.2) is 5.69 Å². The fraction of sp³-hybridized carbons (Fsp3) is 0. The highest BCUT2D eigenvalue weighted by Crippen LogP contribution is 2.38. The summed E-state index contributed by atoms with van der Waals surface area (Å²) in [5.74, 6) is 0. The molecule has 0 aliphatic heterocycles. The Hall–Kier alpha value is -7.35. The van der Waals surface area contributed by atoms with Crippen LogP contribution >= 0.6 is 0 Å². The van der Waals surface area contributed by atoms with Crippen LogP contribution in [0.25, 0.3) is 98.4 Å². The van der Waals surface area contributed by atoms with Gasteiger partial charge in [-0.15, -0.1) is 10.2 Å². The number of rotatable bonds is 5. The second kappa shape index (κ2) is 12.5. The lowest BCUT2D eigenvalue weighted by Gasteiger charge is -2.13. The smallest absolute Gasteiger partial charge is 0.187 e. The number of hydrogen-bond donors (Lipinski definition) is 0. The average Bonchev–Trinajstić information content (AvgIpc) is 3.67. The molecule has 53 heavy (non-hydrogen) atoms. The van der Waals surface area contributed by atoms with Gasteiger partial charge in [0.05, 0.1) is 12.3 Å². The summed E-state index contributed by atoms with van der Waals surface area (Å²) in [4.78, 5) is 5.25. The van der Waals surface area contributed by atoms with Gasteiger partial charge < -0.3 is 0 Å². The van der Waals surface area contributed by atoms with Gasteiger partial charge in [0.1, 0.15) is 11.0 Å². The predicted molar refractivity (Wildman–Crippen MR) is 219 cm³/mol. The van der Waals surface area contributed by atoms with E-state index in [1.165, 1.54) is 43.4 Å². The van der Waals surface area contributed by atoms with E-state index in [1.54, 1.807) is 4.80 Å². The number of fused-ring (bicyclic) bond motifs is 5. The zero-order valence-electron chi connectivity index (χ0n) is 28.6. The highest BCUT2D eigenvalue weighted by atomic mass is 15.5. The Morgan fingerprint density at radius 1 is 0.377 bits per heavy atom. The molecule has 0 saturated heterocycles. The monoisotopic (exact) mass is 674 g/mol. The first kappa shape index (κ1) is 30.5. The Kier molecular flexibility index (Phi) is 7.16. The molecule has 4 heteroatoms. The SMILES string of the molecule is [C-]#[N+]c1ccc(-c2ccc(-c3ccc(-c4ccc5nn(-c6ccc(-c7cc8ccccc8c8ccccc78)cc6)nc5c4)c4ccccc34)cc2)cc1. The molecule has 246 valence electrons. The molecule has 1 aromatic heterocycles. The van der Waals surface area contributed by atoms with Crippen LogP contribution in [-0.2, 0) is 0 Å². The molecule has 0 atom stereocenters. The molecule has 0 unspecified atom stereocenters. The second-order valence-corrected chi connectivity index (χ2v) is 13.4. The van der Waals surface area contributed by atoms with Crippen molar-refractivity contribution in [1.29, 1.82) is 0 Å². The fourth-order valence-corrected chi connectivity index (χ4v) is 7.64. The van der Waals surface area contributed by atoms with Gasteiger partial charge >= 0.3 is 0 Å². The third kappa shape index (κ3) is 5.31. The van der Waals surface area contributed by atoms with Crippen LogP contribution in [0.4, 0.5) is 5.69 Å². The number of benzene rings is 9. The maximum atomic E-state index is 7.23. The normalized spacial score (nSPS) is 11.4. The Morgan fingerprint density at radius 3 is 1.55 bits per heavy atom. The summed E-state index contributed by atoms with van der Waals surface area (Å²) in [7, 11) is 0. The highest BCUT2D eigenvalue weighted by molar-refractivity contribution is 6.13. The largest absolute Gasteiger partial charge is 0.238 e. The van der Waals surface area contributed by atoms with E-state index in [4.69, 9.17) is 16.8 Å². The molecule has 0 aliphatic carbocycles. The average molecular weight is 675 g/mol. The van der Waals surface area contributed by atoms with E-state index in [2.05, 4.69) is 163 Å². The first-order valence-corrected chi connectivity index (χ1v) is 17.7. The summed E-state index contributed by atoms with van der Waals surface area (Å²) in [5.41, 5.74) is 12.5. The first-order valence-electron chi connectivity index (χ1n) is 17.7. The van der Waals surface area contributed by atoms with Gasteiger partial charge in [-0.25, -0.2) is 4.85 Å². The van der Waals surface area contributed by atoms with Crippen LogP contribution in [0.2, 0.25) is 0 Å². The molecule has 4 nitrogen and oxygen atoms in total. The zero-order valence-corrected chi connectivity index (χ0v) is 28.6. The number of nitrogens with zero attached hydrogens (tertiary/aromatic N) is 4. The van der Waals surface area contributed by atoms with Crippen molar-refractivity contribution in [2.45, 2.75) is 0 Å². The van der Waals surface area contributed by atoms with Gasteiger partial charge in [-0.2, -0.15) is 4.80 Å². The minimum absolute atomic E-state index is 0.651. The molecule has 1 heterocycles. The van der Waals surface area contributed by atoms with E-state index in [-0.39, 0.29) is 0 Å². The molecular weight excluding hydrogens is 645 g/mol. The fourth-order valence-electron chi connectivity index (χ4n) is 7.64. The summed E-state index contributed by atoms with van der Waals surface area (Å²) in [6.07, 6.45) is 0. The van der Waals surface area contributed by atoms with Crippen molar-refractivity contribution in [1.82, 2.24) is 15.0 Å². The summed E-state index contributed by atoms with van der Waals surface area (Å²) in [6, 6.07) is 63.9. The van der Waals surface area contributed by atoms with Crippen molar-refractivity contribution >= 4 is 49.0 Å². The first-order chi connectivity index (χ1) is 26.2. The Labute approximate surface area is 306 Å². The van der Waals surface area contributed by atoms with Crippen LogP contribution in [0.15, 0.2) is 182 Å². The van der Waals surface area contributed by atoms with E-state index in [9.17, 15) is 0 Å². The van der Waals surface area contributed by atoms with Crippen LogP contribution in [0.5, 0.6) is 0 Å². The quantitative estimate of drug-likeness (QED) is 0.135. The summed E-state index contributed by atoms with van der Waals surface area (Å²) in [5, 5.41) is 17.2. The number of hydrogen-bond acceptors (Lipinski definition) is 2. The van der Waals surface area contributed by atoms with Crippen molar-refractivity contribution < 1.29 is 0 Å². The van der Waals surface area contributed by atoms with Crippen LogP contribution in [0.3, 0.4) is 0 Å². The molecule has 0 spiro atoms. The van der Waals surface area contributed by atoms with Gasteiger partial charge in [0.2, 0.25) is 0 Å². The van der Waals surface area contributed by atoms with Crippen molar-refractivity contribution in [3.8, 4) is 50.2 Å². The van der Waals surface area contributed by atoms with E-state index in [0.29, 0.717) is 5.69 Å². The summed E-state index contributed by atoms with van der Waals surface area (Å²) in [6.45, 7) is 7.23. The maximum Gasteiger partial charge on any atom is 0.187 e. The molecule has 0 bridgehead atoms. The molecule has 0 N–H and O–H groups in total. The van der Waals surface area contributed by atoms with Gasteiger partial charge in [-0.1, -0.05) is 152 Å². The number of aromatic nitrogens is 3. The van der Waals surface area contributed by atoms with Crippen molar-refractivity contribution in [2.24, 2.45) is 0 Å². The molecule has 0 amide bonds. The molecule has 10 rings (SSSR count). The predicted octanol–water partition coefficient (Wildman–Crippen LogP) is 13.1. The highest BCUT2D eigenvalue weighted by Gasteiger charge is 2.14. The molecule has 0 radical (unpaired) electrons. The second-order valence-electron chi connectivity index (χ2n) is 13.4. The van der Waals surface area contributed by atoms with Gasteiger partial charge in [-0.3, -0.25) is 0 Å². The molecule has 9 aromatic carbocycles. The van der Waals surface area contributed by atoms with Gasteiger partial charge in [0.25, 0.3) is 0 Å². The molecule has 0 saturated carbocycles. The zero-order chi connectivity index (χ0) is 35.3. The molecular formula is C49H30N4. The van der Waals surface area contributed by atoms with Crippen molar-refractivity contribution in [3.63, 3.8) is 0 Å². The topological polar surface area (TPSA) is 35.1 Å². The Bertz CT molecular complexity index is 3040. The van der Waals surface area contributed by atoms with Crippen molar-refractivity contribution in [3.05, 3.63) is 193 Å². The van der Waals surface area contributed by atoms with Crippen LogP contribution in [-0.4, -0.2) is 15.0 Å². The lowest BCUT2D eigenvalue weighted by Crippen LogP contribution is -1.98. The Morgan fingerprint density at radius 2 is 0.868 bits per heavy atom. The third-order valence-corrected chi connectivity index (χ3v) is 10.3. The van der Waals surface area contributed by atoms with Crippen molar-refractivity contribution in [2.75, 3.05) is 0 Å². The molecule has 0 fully saturated rings. The summed E-state index contributed by atoms with van der Waals surface area (Å²) < 4.78 is 0. The third-order valence-electron chi connectivity index (χ3n) is 10.3. The minimum Gasteiger partial charge on any atom is -0.238 e. The molecule has 0 aliphatic rings. The van der Waals surface area contributed by atoms with Crippen LogP contribution < -0.4 is 0 Å². The summed E-state index contributed by atoms with van der Waals surface area (Å²) >= 11 is 0. The van der Waals surface area contributed by atoms with Gasteiger partial charge in [-0.05, 0) is 107 Å². The maximum absolute atomic E-state index is 7.23. The van der Waals surface area contributed by atoms with E-state index < -0.39 is 0 Å².